The molecule has 2 fully saturated rings. The number of fused-ring (bicyclic) bond motifs is 3. The predicted molar refractivity (Wildman–Crippen MR) is 69.4 cm³/mol. The van der Waals surface area contributed by atoms with Crippen molar-refractivity contribution in [1.29, 1.82) is 0 Å². The molecule has 0 aromatic heterocycles. The van der Waals surface area contributed by atoms with Crippen LogP contribution in [-0.2, 0) is 14.3 Å². The quantitative estimate of drug-likeness (QED) is 0.339. The van der Waals surface area contributed by atoms with Gasteiger partial charge in [0.15, 0.2) is 0 Å². The number of hydrogen-bond acceptors (Lipinski definition) is 4. The molecular weight excluding hydrogens is 244 g/mol. The van der Waals surface area contributed by atoms with Gasteiger partial charge in [0.1, 0.15) is 12.2 Å². The summed E-state index contributed by atoms with van der Waals surface area (Å²) in [7, 11) is 0. The number of aliphatic hydroxyl groups excluding tert-OH is 1. The minimum atomic E-state index is -0.290. The summed E-state index contributed by atoms with van der Waals surface area (Å²) in [5, 5.41) is 9.35. The summed E-state index contributed by atoms with van der Waals surface area (Å²) in [4.78, 5) is 11.7. The molecule has 2 heterocycles. The first-order valence-electron chi connectivity index (χ1n) is 6.91. The molecule has 2 saturated heterocycles. The summed E-state index contributed by atoms with van der Waals surface area (Å²) in [5.74, 6) is -0.269. The van der Waals surface area contributed by atoms with E-state index in [1.54, 1.807) is 0 Å². The summed E-state index contributed by atoms with van der Waals surface area (Å²) in [6, 6.07) is 0. The predicted octanol–water partition coefficient (Wildman–Crippen LogP) is 1.73. The molecule has 4 atom stereocenters. The molecule has 3 rings (SSSR count). The molecule has 104 valence electrons. The zero-order chi connectivity index (χ0) is 13.6. The molecule has 0 radical (unpaired) electrons. The standard InChI is InChI=1S/C15H20O4/c1-9-11-6-5-10(8-16)4-3-7-15(2)13(19-15)12(11)18-14(9)17/h4,11-13,16H,1,3,5-8H2,2H3/b10-4+. The first kappa shape index (κ1) is 12.9. The molecule has 0 bridgehead atoms. The van der Waals surface area contributed by atoms with Crippen LogP contribution in [0.15, 0.2) is 23.8 Å². The molecule has 3 aliphatic rings. The van der Waals surface area contributed by atoms with Crippen molar-refractivity contribution < 1.29 is 19.4 Å². The lowest BCUT2D eigenvalue weighted by atomic mass is 9.84. The van der Waals surface area contributed by atoms with Crippen LogP contribution in [0.3, 0.4) is 0 Å². The highest BCUT2D eigenvalue weighted by Gasteiger charge is 2.61. The fraction of sp³-hybridized carbons (Fsp3) is 0.667. The lowest BCUT2D eigenvalue weighted by Gasteiger charge is -2.19. The van der Waals surface area contributed by atoms with Gasteiger partial charge in [-0.15, -0.1) is 0 Å². The highest BCUT2D eigenvalue weighted by molar-refractivity contribution is 5.91. The molecule has 0 aromatic rings. The molecule has 4 unspecified atom stereocenters. The van der Waals surface area contributed by atoms with Gasteiger partial charge < -0.3 is 14.6 Å². The molecular formula is C15H20O4. The molecule has 0 spiro atoms. The van der Waals surface area contributed by atoms with E-state index in [9.17, 15) is 9.90 Å². The van der Waals surface area contributed by atoms with E-state index in [4.69, 9.17) is 9.47 Å². The second-order valence-electron chi connectivity index (χ2n) is 5.95. The highest BCUT2D eigenvalue weighted by atomic mass is 16.6. The van der Waals surface area contributed by atoms with Crippen LogP contribution >= 0.6 is 0 Å². The molecule has 2 aliphatic heterocycles. The molecule has 1 aliphatic carbocycles. The Hall–Kier alpha value is -1.13. The van der Waals surface area contributed by atoms with Gasteiger partial charge in [0.05, 0.1) is 12.2 Å². The maximum Gasteiger partial charge on any atom is 0.334 e. The average molecular weight is 264 g/mol. The molecule has 0 aromatic carbocycles. The van der Waals surface area contributed by atoms with Gasteiger partial charge in [0, 0.05) is 11.5 Å². The Morgan fingerprint density at radius 1 is 1.58 bits per heavy atom. The third-order valence-corrected chi connectivity index (χ3v) is 4.64. The Balaban J connectivity index is 1.86. The second kappa shape index (κ2) is 4.46. The van der Waals surface area contributed by atoms with Crippen LogP contribution in [0.4, 0.5) is 0 Å². The van der Waals surface area contributed by atoms with E-state index < -0.39 is 0 Å². The normalized spacial score (nSPS) is 44.7. The van der Waals surface area contributed by atoms with Gasteiger partial charge in [-0.3, -0.25) is 0 Å². The molecule has 0 amide bonds. The molecule has 4 nitrogen and oxygen atoms in total. The van der Waals surface area contributed by atoms with Crippen molar-refractivity contribution in [3.8, 4) is 0 Å². The molecule has 1 N–H and O–H groups in total. The van der Waals surface area contributed by atoms with Gasteiger partial charge >= 0.3 is 5.97 Å². The van der Waals surface area contributed by atoms with E-state index in [1.165, 1.54) is 0 Å². The van der Waals surface area contributed by atoms with Gasteiger partial charge in [-0.25, -0.2) is 4.79 Å². The zero-order valence-corrected chi connectivity index (χ0v) is 11.2. The zero-order valence-electron chi connectivity index (χ0n) is 11.2. The Kier molecular flexibility index (Phi) is 3.02. The van der Waals surface area contributed by atoms with Crippen molar-refractivity contribution in [1.82, 2.24) is 0 Å². The van der Waals surface area contributed by atoms with Gasteiger partial charge in [0.2, 0.25) is 0 Å². The maximum atomic E-state index is 11.7. The maximum absolute atomic E-state index is 11.7. The van der Waals surface area contributed by atoms with E-state index >= 15 is 0 Å². The number of ether oxygens (including phenoxy) is 2. The molecule has 0 saturated carbocycles. The fourth-order valence-corrected chi connectivity index (χ4v) is 3.26. The van der Waals surface area contributed by atoms with Crippen molar-refractivity contribution in [2.24, 2.45) is 5.92 Å². The average Bonchev–Trinajstić information content (AvgIpc) is 2.97. The number of hydrogen-bond donors (Lipinski definition) is 1. The SMILES string of the molecule is C=C1C(=O)OC2C1CC/C(CO)=C\CCC1(C)OC21. The summed E-state index contributed by atoms with van der Waals surface area (Å²) in [6.07, 6.45) is 5.29. The van der Waals surface area contributed by atoms with Crippen LogP contribution in [-0.4, -0.2) is 35.5 Å². The van der Waals surface area contributed by atoms with Gasteiger partial charge in [-0.1, -0.05) is 12.7 Å². The first-order valence-corrected chi connectivity index (χ1v) is 6.91. The van der Waals surface area contributed by atoms with E-state index in [0.29, 0.717) is 5.57 Å². The lowest BCUT2D eigenvalue weighted by Crippen LogP contribution is -2.29. The van der Waals surface area contributed by atoms with Crippen LogP contribution in [0.1, 0.15) is 32.6 Å². The van der Waals surface area contributed by atoms with Crippen molar-refractivity contribution in [2.75, 3.05) is 6.61 Å². The number of allylic oxidation sites excluding steroid dienone is 1. The van der Waals surface area contributed by atoms with Crippen LogP contribution in [0.2, 0.25) is 0 Å². The minimum absolute atomic E-state index is 0.00442. The minimum Gasteiger partial charge on any atom is -0.455 e. The number of aliphatic hydroxyl groups is 1. The number of rotatable bonds is 1. The number of carbonyl (C=O) groups is 1. The first-order chi connectivity index (χ1) is 9.05. The highest BCUT2D eigenvalue weighted by Crippen LogP contribution is 2.49. The van der Waals surface area contributed by atoms with Gasteiger partial charge in [-0.05, 0) is 38.2 Å². The van der Waals surface area contributed by atoms with Gasteiger partial charge in [-0.2, -0.15) is 0 Å². The van der Waals surface area contributed by atoms with Gasteiger partial charge in [0.25, 0.3) is 0 Å². The second-order valence-corrected chi connectivity index (χ2v) is 5.95. The van der Waals surface area contributed by atoms with E-state index in [-0.39, 0.29) is 36.3 Å². The number of esters is 1. The Morgan fingerprint density at radius 2 is 2.37 bits per heavy atom. The lowest BCUT2D eigenvalue weighted by molar-refractivity contribution is -0.140. The van der Waals surface area contributed by atoms with E-state index in [1.807, 2.05) is 0 Å². The number of epoxide rings is 1. The summed E-state index contributed by atoms with van der Waals surface area (Å²) < 4.78 is 11.3. The van der Waals surface area contributed by atoms with Crippen molar-refractivity contribution in [3.05, 3.63) is 23.8 Å². The summed E-state index contributed by atoms with van der Waals surface area (Å²) in [5.41, 5.74) is 1.40. The molecule has 19 heavy (non-hydrogen) atoms. The van der Waals surface area contributed by atoms with Crippen molar-refractivity contribution >= 4 is 5.97 Å². The largest absolute Gasteiger partial charge is 0.455 e. The Labute approximate surface area is 113 Å². The van der Waals surface area contributed by atoms with Crippen LogP contribution in [0.5, 0.6) is 0 Å². The number of carbonyl (C=O) groups excluding carboxylic acids is 1. The van der Waals surface area contributed by atoms with Crippen LogP contribution in [0, 0.1) is 5.92 Å². The third-order valence-electron chi connectivity index (χ3n) is 4.64. The van der Waals surface area contributed by atoms with Crippen LogP contribution in [0.25, 0.3) is 0 Å². The monoisotopic (exact) mass is 264 g/mol. The molecule has 4 heteroatoms. The third kappa shape index (κ3) is 2.13. The Bertz CT molecular complexity index is 453. The van der Waals surface area contributed by atoms with E-state index in [0.717, 1.165) is 31.3 Å². The summed E-state index contributed by atoms with van der Waals surface area (Å²) >= 11 is 0. The Morgan fingerprint density at radius 3 is 3.11 bits per heavy atom. The smallest absolute Gasteiger partial charge is 0.334 e. The van der Waals surface area contributed by atoms with Crippen LogP contribution < -0.4 is 0 Å². The summed E-state index contributed by atoms with van der Waals surface area (Å²) in [6.45, 7) is 6.01. The van der Waals surface area contributed by atoms with E-state index in [2.05, 4.69) is 19.6 Å². The topological polar surface area (TPSA) is 59.1 Å². The fourth-order valence-electron chi connectivity index (χ4n) is 3.26. The van der Waals surface area contributed by atoms with Crippen molar-refractivity contribution in [2.45, 2.75) is 50.4 Å². The van der Waals surface area contributed by atoms with Crippen molar-refractivity contribution in [3.63, 3.8) is 0 Å².